The highest BCUT2D eigenvalue weighted by Crippen LogP contribution is 2.44. The topological polar surface area (TPSA) is 8.17 Å². The lowest BCUT2D eigenvalue weighted by molar-refractivity contribution is 1.18. The van der Waals surface area contributed by atoms with Crippen LogP contribution in [0, 0.1) is 13.8 Å². The number of hydrogen-bond donors (Lipinski definition) is 0. The minimum atomic E-state index is 0.968. The first-order valence-corrected chi connectivity index (χ1v) is 19.9. The molecule has 0 radical (unpaired) electrons. The molecule has 0 aliphatic heterocycles. The van der Waals surface area contributed by atoms with Crippen molar-refractivity contribution >= 4 is 49.6 Å². The molecule has 1 aromatic heterocycles. The van der Waals surface area contributed by atoms with Gasteiger partial charge in [0.1, 0.15) is 0 Å². The number of hydrogen-bond acceptors (Lipinski definition) is 1. The standard InChI is InChI=1S/C55H40N2/c1-36-14-9-11-22-46(36)47-28-26-45(30-37(47)2)56(42-17-5-3-6-18-42)44-21-13-16-38(31-44)39-25-29-54-52(32-39)53-35-50-41(34-55(53)57(54)43-19-7-4-8-20-43)24-27-49-48-23-12-10-15-40(48)33-51(49)50/h3-32,34-35H,33H2,1-2H3. The van der Waals surface area contributed by atoms with Gasteiger partial charge < -0.3 is 9.47 Å². The maximum absolute atomic E-state index is 2.47. The Labute approximate surface area is 333 Å². The molecule has 0 bridgehead atoms. The van der Waals surface area contributed by atoms with Crippen molar-refractivity contribution in [3.05, 3.63) is 216 Å². The van der Waals surface area contributed by atoms with Gasteiger partial charge in [0.25, 0.3) is 0 Å². The number of rotatable bonds is 6. The average molecular weight is 729 g/mol. The highest BCUT2D eigenvalue weighted by molar-refractivity contribution is 6.15. The van der Waals surface area contributed by atoms with E-state index in [1.54, 1.807) is 0 Å². The van der Waals surface area contributed by atoms with Gasteiger partial charge in [-0.25, -0.2) is 0 Å². The summed E-state index contributed by atoms with van der Waals surface area (Å²) in [6, 6.07) is 71.5. The Morgan fingerprint density at radius 3 is 1.89 bits per heavy atom. The Balaban J connectivity index is 1.07. The number of anilines is 3. The molecule has 10 aromatic rings. The number of fused-ring (bicyclic) bond motifs is 8. The van der Waals surface area contributed by atoms with Crippen LogP contribution in [0.2, 0.25) is 0 Å². The van der Waals surface area contributed by atoms with Crippen molar-refractivity contribution in [2.75, 3.05) is 4.90 Å². The quantitative estimate of drug-likeness (QED) is 0.165. The maximum Gasteiger partial charge on any atom is 0.0547 e. The summed E-state index contributed by atoms with van der Waals surface area (Å²) in [4.78, 5) is 2.38. The lowest BCUT2D eigenvalue weighted by Gasteiger charge is -2.27. The SMILES string of the molecule is Cc1ccccc1-c1ccc(N(c2ccccc2)c2cccc(-c3ccc4c(c3)c3cc5c6c(ccc5cc3n4-c3ccccc3)-c3ccccc3C6)c2)cc1C. The van der Waals surface area contributed by atoms with Crippen molar-refractivity contribution < 1.29 is 0 Å². The molecule has 0 N–H and O–H groups in total. The van der Waals surface area contributed by atoms with Crippen LogP contribution < -0.4 is 4.90 Å². The molecule has 2 heteroatoms. The van der Waals surface area contributed by atoms with Crippen molar-refractivity contribution in [1.29, 1.82) is 0 Å². The van der Waals surface area contributed by atoms with Crippen LogP contribution in [0.3, 0.4) is 0 Å². The van der Waals surface area contributed by atoms with Crippen LogP contribution in [0.25, 0.3) is 71.6 Å². The van der Waals surface area contributed by atoms with Gasteiger partial charge in [-0.05, 0) is 159 Å². The fraction of sp³-hybridized carbons (Fsp3) is 0.0545. The van der Waals surface area contributed by atoms with Gasteiger partial charge in [-0.3, -0.25) is 0 Å². The van der Waals surface area contributed by atoms with Crippen LogP contribution in [0.5, 0.6) is 0 Å². The lowest BCUT2D eigenvalue weighted by atomic mass is 9.96. The predicted molar refractivity (Wildman–Crippen MR) is 242 cm³/mol. The normalized spacial score (nSPS) is 12.0. The Kier molecular flexibility index (Phi) is 7.72. The first kappa shape index (κ1) is 33.2. The summed E-state index contributed by atoms with van der Waals surface area (Å²) in [5.41, 5.74) is 20.0. The van der Waals surface area contributed by atoms with Crippen LogP contribution in [0.15, 0.2) is 194 Å². The van der Waals surface area contributed by atoms with Crippen molar-refractivity contribution in [2.24, 2.45) is 0 Å². The highest BCUT2D eigenvalue weighted by atomic mass is 15.1. The van der Waals surface area contributed by atoms with Gasteiger partial charge in [-0.2, -0.15) is 0 Å². The minimum absolute atomic E-state index is 0.968. The van der Waals surface area contributed by atoms with Gasteiger partial charge in [0, 0.05) is 33.5 Å². The molecule has 2 nitrogen and oxygen atoms in total. The Hall–Kier alpha value is -7.16. The Bertz CT molecular complexity index is 3170. The van der Waals surface area contributed by atoms with Crippen molar-refractivity contribution in [2.45, 2.75) is 20.3 Å². The molecule has 0 spiro atoms. The molecule has 0 atom stereocenters. The van der Waals surface area contributed by atoms with E-state index in [1.165, 1.54) is 93.9 Å². The van der Waals surface area contributed by atoms with E-state index in [0.29, 0.717) is 0 Å². The summed E-state index contributed by atoms with van der Waals surface area (Å²) in [5, 5.41) is 5.16. The van der Waals surface area contributed by atoms with E-state index >= 15 is 0 Å². The van der Waals surface area contributed by atoms with Crippen LogP contribution in [0.1, 0.15) is 22.3 Å². The van der Waals surface area contributed by atoms with Crippen LogP contribution in [-0.4, -0.2) is 4.57 Å². The summed E-state index contributed by atoms with van der Waals surface area (Å²) in [6.45, 7) is 4.41. The number of benzene rings is 9. The molecule has 1 aliphatic carbocycles. The number of aryl methyl sites for hydroxylation is 2. The molecule has 0 fully saturated rings. The molecule has 1 heterocycles. The monoisotopic (exact) mass is 728 g/mol. The summed E-state index contributed by atoms with van der Waals surface area (Å²) < 4.78 is 2.44. The van der Waals surface area contributed by atoms with Crippen molar-refractivity contribution in [3.63, 3.8) is 0 Å². The first-order chi connectivity index (χ1) is 28.1. The maximum atomic E-state index is 2.47. The first-order valence-electron chi connectivity index (χ1n) is 19.9. The number of aromatic nitrogens is 1. The van der Waals surface area contributed by atoms with Crippen LogP contribution in [-0.2, 0) is 6.42 Å². The molecule has 1 aliphatic rings. The van der Waals surface area contributed by atoms with Gasteiger partial charge in [-0.1, -0.05) is 121 Å². The van der Waals surface area contributed by atoms with Crippen LogP contribution >= 0.6 is 0 Å². The summed E-state index contributed by atoms with van der Waals surface area (Å²) >= 11 is 0. The number of nitrogens with zero attached hydrogens (tertiary/aromatic N) is 2. The Morgan fingerprint density at radius 2 is 1.07 bits per heavy atom. The van der Waals surface area contributed by atoms with Gasteiger partial charge >= 0.3 is 0 Å². The van der Waals surface area contributed by atoms with Gasteiger partial charge in [0.15, 0.2) is 0 Å². The Morgan fingerprint density at radius 1 is 0.404 bits per heavy atom. The average Bonchev–Trinajstić information content (AvgIpc) is 3.79. The van der Waals surface area contributed by atoms with E-state index < -0.39 is 0 Å². The molecule has 9 aromatic carbocycles. The predicted octanol–water partition coefficient (Wildman–Crippen LogP) is 14.9. The third-order valence-electron chi connectivity index (χ3n) is 12.1. The largest absolute Gasteiger partial charge is 0.310 e. The molecule has 0 unspecified atom stereocenters. The van der Waals surface area contributed by atoms with Gasteiger partial charge in [-0.15, -0.1) is 0 Å². The summed E-state index contributed by atoms with van der Waals surface area (Å²) in [5.74, 6) is 0. The van der Waals surface area contributed by atoms with E-state index in [0.717, 1.165) is 23.5 Å². The summed E-state index contributed by atoms with van der Waals surface area (Å²) in [6.07, 6.45) is 0.968. The molecule has 0 saturated carbocycles. The summed E-state index contributed by atoms with van der Waals surface area (Å²) in [7, 11) is 0. The third-order valence-corrected chi connectivity index (χ3v) is 12.1. The lowest BCUT2D eigenvalue weighted by Crippen LogP contribution is -2.10. The third kappa shape index (κ3) is 5.48. The van der Waals surface area contributed by atoms with E-state index in [4.69, 9.17) is 0 Å². The van der Waals surface area contributed by atoms with Crippen molar-refractivity contribution in [1.82, 2.24) is 4.57 Å². The van der Waals surface area contributed by atoms with Gasteiger partial charge in [0.05, 0.1) is 11.0 Å². The smallest absolute Gasteiger partial charge is 0.0547 e. The van der Waals surface area contributed by atoms with E-state index in [9.17, 15) is 0 Å². The van der Waals surface area contributed by atoms with E-state index in [2.05, 4.69) is 217 Å². The second-order valence-electron chi connectivity index (χ2n) is 15.5. The zero-order chi connectivity index (χ0) is 38.0. The van der Waals surface area contributed by atoms with E-state index in [1.807, 2.05) is 0 Å². The van der Waals surface area contributed by atoms with Crippen molar-refractivity contribution in [3.8, 4) is 39.1 Å². The molecule has 270 valence electrons. The second-order valence-corrected chi connectivity index (χ2v) is 15.5. The molecular weight excluding hydrogens is 689 g/mol. The second kappa shape index (κ2) is 13.3. The molecule has 57 heavy (non-hydrogen) atoms. The van der Waals surface area contributed by atoms with Crippen LogP contribution in [0.4, 0.5) is 17.1 Å². The fourth-order valence-corrected chi connectivity index (χ4v) is 9.32. The van der Waals surface area contributed by atoms with E-state index in [-0.39, 0.29) is 0 Å². The zero-order valence-corrected chi connectivity index (χ0v) is 32.1. The molecule has 11 rings (SSSR count). The molecule has 0 amide bonds. The molecular formula is C55H40N2. The molecule has 0 saturated heterocycles. The number of para-hydroxylation sites is 2. The van der Waals surface area contributed by atoms with Gasteiger partial charge in [0.2, 0.25) is 0 Å². The minimum Gasteiger partial charge on any atom is -0.310 e. The highest BCUT2D eigenvalue weighted by Gasteiger charge is 2.22. The zero-order valence-electron chi connectivity index (χ0n) is 32.1. The fourth-order valence-electron chi connectivity index (χ4n) is 9.32.